The van der Waals surface area contributed by atoms with Gasteiger partial charge in [0, 0.05) is 123 Å². The van der Waals surface area contributed by atoms with Crippen LogP contribution in [0.2, 0.25) is 0 Å². The first-order chi connectivity index (χ1) is 53.2. The van der Waals surface area contributed by atoms with Crippen molar-refractivity contribution in [3.63, 3.8) is 0 Å². The highest BCUT2D eigenvalue weighted by molar-refractivity contribution is 5.90. The van der Waals surface area contributed by atoms with Crippen LogP contribution in [0.4, 0.5) is 0 Å². The van der Waals surface area contributed by atoms with Crippen LogP contribution in [0.3, 0.4) is 0 Å². The largest absolute Gasteiger partial charge is 0.460 e. The monoisotopic (exact) mass is 1630 g/mol. The number of amides is 3. The summed E-state index contributed by atoms with van der Waals surface area (Å²) in [5.41, 5.74) is -8.45. The number of aliphatic hydroxyl groups excluding tert-OH is 1. The maximum absolute atomic E-state index is 16.1. The summed E-state index contributed by atoms with van der Waals surface area (Å²) in [5.74, 6) is -4.63. The molecule has 5 aliphatic heterocycles. The van der Waals surface area contributed by atoms with E-state index in [-0.39, 0.29) is 179 Å². The highest BCUT2D eigenvalue weighted by Crippen LogP contribution is 2.51. The zero-order valence-corrected chi connectivity index (χ0v) is 75.2. The Hall–Kier alpha value is -5.13. The number of esters is 6. The van der Waals surface area contributed by atoms with Crippen LogP contribution in [0.5, 0.6) is 0 Å². The van der Waals surface area contributed by atoms with Gasteiger partial charge in [0.05, 0.1) is 51.8 Å². The molecule has 1 saturated carbocycles. The highest BCUT2D eigenvalue weighted by Gasteiger charge is 2.59. The Kier molecular flexibility index (Phi) is 36.4. The number of methoxy groups -OCH3 is 1. The Morgan fingerprint density at radius 2 is 0.757 bits per heavy atom. The molecule has 0 radical (unpaired) electrons. The number of nitrogens with zero attached hydrogens (tertiary/aromatic N) is 1. The summed E-state index contributed by atoms with van der Waals surface area (Å²) in [6.07, 6.45) is 1.27. The van der Waals surface area contributed by atoms with Gasteiger partial charge in [-0.05, 0) is 244 Å². The second-order valence-corrected chi connectivity index (χ2v) is 40.6. The van der Waals surface area contributed by atoms with Gasteiger partial charge in [-0.1, -0.05) is 41.0 Å². The van der Waals surface area contributed by atoms with Crippen LogP contribution in [0.15, 0.2) is 0 Å². The molecule has 6 aliphatic rings. The van der Waals surface area contributed by atoms with Gasteiger partial charge in [-0.25, -0.2) is 0 Å². The van der Waals surface area contributed by atoms with E-state index in [0.717, 1.165) is 25.7 Å². The average Bonchev–Trinajstić information content (AvgIpc) is 1.58. The number of ether oxygens (including phenoxy) is 10. The number of rotatable bonds is 39. The van der Waals surface area contributed by atoms with E-state index in [2.05, 4.69) is 73.4 Å². The van der Waals surface area contributed by atoms with Gasteiger partial charge in [-0.15, -0.1) is 0 Å². The minimum absolute atomic E-state index is 0.0139. The third-order valence-corrected chi connectivity index (χ3v) is 24.3. The van der Waals surface area contributed by atoms with Crippen molar-refractivity contribution in [3.8, 4) is 0 Å². The molecule has 3 amide bonds. The molecule has 19 atom stereocenters. The zero-order chi connectivity index (χ0) is 86.1. The van der Waals surface area contributed by atoms with Crippen LogP contribution in [-0.2, 0) is 90.5 Å². The molecule has 27 heteroatoms. The summed E-state index contributed by atoms with van der Waals surface area (Å²) in [5, 5.41) is 35.6. The summed E-state index contributed by atoms with van der Waals surface area (Å²) in [6.45, 7) is 46.2. The molecule has 8 bridgehead atoms. The molecular formula is C88H155N7O20. The van der Waals surface area contributed by atoms with Crippen molar-refractivity contribution in [2.45, 2.75) is 393 Å². The van der Waals surface area contributed by atoms with Gasteiger partial charge in [0.2, 0.25) is 17.7 Å². The van der Waals surface area contributed by atoms with Crippen molar-refractivity contribution in [2.75, 3.05) is 59.8 Å². The van der Waals surface area contributed by atoms with Gasteiger partial charge in [0.25, 0.3) is 0 Å². The van der Waals surface area contributed by atoms with E-state index in [4.69, 9.17) is 47.4 Å². The van der Waals surface area contributed by atoms with Gasteiger partial charge < -0.3 is 89.3 Å². The minimum Gasteiger partial charge on any atom is -0.460 e. The Morgan fingerprint density at radius 3 is 1.16 bits per heavy atom. The molecule has 6 rings (SSSR count). The van der Waals surface area contributed by atoms with E-state index in [1.165, 1.54) is 4.90 Å². The van der Waals surface area contributed by atoms with Crippen LogP contribution in [0.25, 0.3) is 0 Å². The van der Waals surface area contributed by atoms with E-state index < -0.39 is 117 Å². The smallest absolute Gasteiger partial charge is 0.306 e. The fourth-order valence-electron chi connectivity index (χ4n) is 19.4. The SMILES string of the molecule is CCC1C2CC3NC4C(CC(O)C4C3C)C3NC(CC4NC(CC(N2)C1C)C(C(C)OCCOCCOCCOC)C4C)C(C)C3CCC(=O)N(CC(=O)NC(CCC(=O)OC(C)(C)C)(CCC(=O)OC(C)(C)C)CCC(=O)OC(C)(C)C)CC(=O)NC(CCC(=O)OC(C)(C)C)(CCC(=O)OC(C)(C)C)CCC(=O)OC(C)(C)C. The Balaban J connectivity index is 1.45. The Morgan fingerprint density at radius 1 is 0.417 bits per heavy atom. The predicted molar refractivity (Wildman–Crippen MR) is 439 cm³/mol. The summed E-state index contributed by atoms with van der Waals surface area (Å²) in [6, 6.07) is 0.594. The maximum Gasteiger partial charge on any atom is 0.306 e. The molecule has 27 nitrogen and oxygen atoms in total. The topological polar surface area (TPSA) is 342 Å². The number of aliphatic hydroxyl groups is 1. The van der Waals surface area contributed by atoms with Crippen LogP contribution in [-0.4, -0.2) is 229 Å². The molecule has 7 N–H and O–H groups in total. The Bertz CT molecular complexity index is 2890. The fraction of sp³-hybridized carbons (Fsp3) is 0.898. The van der Waals surface area contributed by atoms with Gasteiger partial charge >= 0.3 is 35.8 Å². The van der Waals surface area contributed by atoms with Crippen molar-refractivity contribution in [2.24, 2.45) is 53.3 Å². The molecule has 115 heavy (non-hydrogen) atoms. The zero-order valence-electron chi connectivity index (χ0n) is 75.2. The van der Waals surface area contributed by atoms with Crippen LogP contribution in [0.1, 0.15) is 288 Å². The lowest BCUT2D eigenvalue weighted by atomic mass is 9.76. The maximum atomic E-state index is 16.1. The van der Waals surface area contributed by atoms with Crippen molar-refractivity contribution < 1.29 is 95.6 Å². The van der Waals surface area contributed by atoms with E-state index in [1.54, 1.807) is 132 Å². The second kappa shape index (κ2) is 42.4. The van der Waals surface area contributed by atoms with Gasteiger partial charge in [0.1, 0.15) is 46.7 Å². The first-order valence-electron chi connectivity index (χ1n) is 43.4. The minimum atomic E-state index is -1.53. The molecular weight excluding hydrogens is 1470 g/mol. The number of carbonyl (C=O) groups excluding carboxylic acids is 9. The predicted octanol–water partition coefficient (Wildman–Crippen LogP) is 10.5. The lowest BCUT2D eigenvalue weighted by molar-refractivity contribution is -0.158. The van der Waals surface area contributed by atoms with E-state index in [1.807, 2.05) is 0 Å². The number of carbonyl (C=O) groups is 9. The molecule has 0 aromatic rings. The quantitative estimate of drug-likeness (QED) is 0.0171. The average molecular weight is 1630 g/mol. The van der Waals surface area contributed by atoms with E-state index in [9.17, 15) is 33.9 Å². The molecule has 6 fully saturated rings. The molecule has 0 aromatic heterocycles. The molecule has 1 aliphatic carbocycles. The first kappa shape index (κ1) is 98.7. The fourth-order valence-corrected chi connectivity index (χ4v) is 19.4. The van der Waals surface area contributed by atoms with Gasteiger partial charge in [-0.2, -0.15) is 0 Å². The van der Waals surface area contributed by atoms with Gasteiger partial charge in [-0.3, -0.25) is 43.2 Å². The lowest BCUT2D eigenvalue weighted by Crippen LogP contribution is -2.56. The number of nitrogens with one attached hydrogen (secondary N) is 6. The second-order valence-electron chi connectivity index (χ2n) is 40.6. The lowest BCUT2D eigenvalue weighted by Gasteiger charge is -2.37. The van der Waals surface area contributed by atoms with E-state index in [0.29, 0.717) is 64.3 Å². The van der Waals surface area contributed by atoms with Crippen molar-refractivity contribution >= 4 is 53.5 Å². The number of fused-ring (bicyclic) bond motifs is 8. The van der Waals surface area contributed by atoms with Crippen LogP contribution in [0, 0.1) is 53.3 Å². The molecule has 0 aromatic carbocycles. The highest BCUT2D eigenvalue weighted by atomic mass is 16.6. The normalized spacial score (nSPS) is 28.2. The molecule has 0 spiro atoms. The Labute approximate surface area is 689 Å². The third kappa shape index (κ3) is 32.1. The summed E-state index contributed by atoms with van der Waals surface area (Å²) >= 11 is 0. The van der Waals surface area contributed by atoms with Crippen LogP contribution >= 0.6 is 0 Å². The number of hydrogen-bond acceptors (Lipinski definition) is 24. The van der Waals surface area contributed by atoms with Crippen LogP contribution < -0.4 is 31.9 Å². The third-order valence-electron chi connectivity index (χ3n) is 24.3. The molecule has 662 valence electrons. The molecule has 19 unspecified atom stereocenters. The standard InChI is InChI=1S/C88H155N7O20/c1-26-58-53(2)61-50-66-77(57(6)109-46-45-108-44-43-107-42-41-106-25)55(4)63(90-66)48-62-54(3)59(79(91-62)60-47-67(96)78-56(5)64(92-80(60)78)49-65(58)89-61)27-28-70(99)95(51-68(97)93-87(35-29-71(100)110-81(7,8)9,36-30-72(101)111-82(10,11)12)37-31-73(102)112-83(13,14)15)52-69(98)94-88(38-32-74(103)113-84(16,17)18,39-33-75(104)114-85(19,20)21)40-34-76(105)115-86(22,23)24/h53-67,77-80,89-92,96H,26-52H2,1-25H3,(H,93,97)(H,94,98). The van der Waals surface area contributed by atoms with Crippen molar-refractivity contribution in [3.05, 3.63) is 0 Å². The molecule has 5 saturated heterocycles. The summed E-state index contributed by atoms with van der Waals surface area (Å²) in [7, 11) is 1.65. The van der Waals surface area contributed by atoms with Crippen molar-refractivity contribution in [1.82, 2.24) is 36.8 Å². The molecule has 5 heterocycles. The number of hydrogen-bond donors (Lipinski definition) is 7. The first-order valence-corrected chi connectivity index (χ1v) is 43.4. The summed E-state index contributed by atoms with van der Waals surface area (Å²) < 4.78 is 58.2. The van der Waals surface area contributed by atoms with Gasteiger partial charge in [0.15, 0.2) is 0 Å². The summed E-state index contributed by atoms with van der Waals surface area (Å²) in [4.78, 5) is 131. The van der Waals surface area contributed by atoms with E-state index >= 15 is 14.4 Å². The van der Waals surface area contributed by atoms with Crippen molar-refractivity contribution in [1.29, 1.82) is 0 Å².